The van der Waals surface area contributed by atoms with Crippen molar-refractivity contribution < 1.29 is 4.74 Å². The molecule has 1 aliphatic carbocycles. The maximum atomic E-state index is 5.93. The van der Waals surface area contributed by atoms with Crippen LogP contribution in [-0.4, -0.2) is 34.6 Å². The Morgan fingerprint density at radius 1 is 1.16 bits per heavy atom. The Labute approximate surface area is 119 Å². The second-order valence-corrected chi connectivity index (χ2v) is 5.16. The number of aromatic nitrogens is 3. The monoisotopic (exact) mass is 284 g/mol. The van der Waals surface area contributed by atoms with Gasteiger partial charge in [-0.2, -0.15) is 15.0 Å². The van der Waals surface area contributed by atoms with E-state index in [0.29, 0.717) is 24.5 Å². The summed E-state index contributed by atoms with van der Waals surface area (Å²) in [5.41, 5.74) is 0. The van der Waals surface area contributed by atoms with Crippen molar-refractivity contribution in [3.63, 3.8) is 0 Å². The molecule has 0 saturated heterocycles. The quantitative estimate of drug-likeness (QED) is 0.804. The molecule has 0 N–H and O–H groups in total. The normalized spacial score (nSPS) is 15.7. The zero-order valence-corrected chi connectivity index (χ0v) is 12.4. The van der Waals surface area contributed by atoms with Crippen LogP contribution in [0.15, 0.2) is 0 Å². The predicted molar refractivity (Wildman–Crippen MR) is 75.9 cm³/mol. The lowest BCUT2D eigenvalue weighted by Crippen LogP contribution is -2.25. The van der Waals surface area contributed by atoms with Crippen molar-refractivity contribution in [3.05, 3.63) is 5.28 Å². The molecule has 0 aromatic carbocycles. The molecule has 0 bridgehead atoms. The lowest BCUT2D eigenvalue weighted by Gasteiger charge is -2.18. The van der Waals surface area contributed by atoms with Crippen molar-refractivity contribution in [3.8, 4) is 6.01 Å². The molecular formula is C13H21ClN4O. The maximum absolute atomic E-state index is 5.93. The highest BCUT2D eigenvalue weighted by atomic mass is 35.5. The molecule has 5 nitrogen and oxygen atoms in total. The third-order valence-corrected chi connectivity index (χ3v) is 3.71. The SMILES string of the molecule is CCN(CC)c1nc(Cl)nc(OCC2CCCC2)n1. The minimum Gasteiger partial charge on any atom is -0.463 e. The number of anilines is 1. The van der Waals surface area contributed by atoms with E-state index in [4.69, 9.17) is 16.3 Å². The molecule has 2 rings (SSSR count). The van der Waals surface area contributed by atoms with E-state index in [0.717, 1.165) is 13.1 Å². The molecule has 0 amide bonds. The summed E-state index contributed by atoms with van der Waals surface area (Å²) in [6, 6.07) is 0.341. The van der Waals surface area contributed by atoms with Crippen molar-refractivity contribution in [1.82, 2.24) is 15.0 Å². The van der Waals surface area contributed by atoms with E-state index in [-0.39, 0.29) is 5.28 Å². The van der Waals surface area contributed by atoms with E-state index in [1.54, 1.807) is 0 Å². The van der Waals surface area contributed by atoms with Crippen molar-refractivity contribution in [1.29, 1.82) is 0 Å². The van der Waals surface area contributed by atoms with Crippen LogP contribution in [-0.2, 0) is 0 Å². The number of nitrogens with zero attached hydrogens (tertiary/aromatic N) is 4. The summed E-state index contributed by atoms with van der Waals surface area (Å²) in [4.78, 5) is 14.5. The van der Waals surface area contributed by atoms with Crippen LogP contribution in [0.4, 0.5) is 5.95 Å². The molecule has 1 aromatic heterocycles. The molecule has 0 aliphatic heterocycles. The molecule has 1 aliphatic rings. The summed E-state index contributed by atoms with van der Waals surface area (Å²) < 4.78 is 5.68. The molecule has 1 heterocycles. The zero-order valence-electron chi connectivity index (χ0n) is 11.6. The van der Waals surface area contributed by atoms with Crippen LogP contribution in [0.2, 0.25) is 5.28 Å². The third kappa shape index (κ3) is 3.93. The third-order valence-electron chi connectivity index (χ3n) is 3.54. The van der Waals surface area contributed by atoms with Crippen LogP contribution in [0.3, 0.4) is 0 Å². The van der Waals surface area contributed by atoms with E-state index >= 15 is 0 Å². The van der Waals surface area contributed by atoms with Crippen molar-refractivity contribution in [2.75, 3.05) is 24.6 Å². The average Bonchev–Trinajstić information content (AvgIpc) is 2.90. The van der Waals surface area contributed by atoms with E-state index in [9.17, 15) is 0 Å². The van der Waals surface area contributed by atoms with Gasteiger partial charge in [0.25, 0.3) is 0 Å². The summed E-state index contributed by atoms with van der Waals surface area (Å²) in [5.74, 6) is 1.22. The summed E-state index contributed by atoms with van der Waals surface area (Å²) >= 11 is 5.93. The zero-order chi connectivity index (χ0) is 13.7. The van der Waals surface area contributed by atoms with Crippen molar-refractivity contribution in [2.45, 2.75) is 39.5 Å². The maximum Gasteiger partial charge on any atom is 0.322 e. The topological polar surface area (TPSA) is 51.1 Å². The lowest BCUT2D eigenvalue weighted by atomic mass is 10.1. The van der Waals surface area contributed by atoms with Crippen LogP contribution in [0.25, 0.3) is 0 Å². The largest absolute Gasteiger partial charge is 0.463 e. The lowest BCUT2D eigenvalue weighted by molar-refractivity contribution is 0.233. The second kappa shape index (κ2) is 6.89. The Morgan fingerprint density at radius 3 is 2.47 bits per heavy atom. The van der Waals surface area contributed by atoms with Gasteiger partial charge in [-0.05, 0) is 44.2 Å². The number of hydrogen-bond acceptors (Lipinski definition) is 5. The van der Waals surface area contributed by atoms with Crippen molar-refractivity contribution in [2.24, 2.45) is 5.92 Å². The molecular weight excluding hydrogens is 264 g/mol. The van der Waals surface area contributed by atoms with E-state index in [2.05, 4.69) is 28.8 Å². The average molecular weight is 285 g/mol. The molecule has 1 saturated carbocycles. The molecule has 0 radical (unpaired) electrons. The summed E-state index contributed by atoms with van der Waals surface area (Å²) in [7, 11) is 0. The minimum atomic E-state index is 0.193. The van der Waals surface area contributed by atoms with Crippen LogP contribution >= 0.6 is 11.6 Å². The smallest absolute Gasteiger partial charge is 0.322 e. The molecule has 1 aromatic rings. The first-order chi connectivity index (χ1) is 9.22. The predicted octanol–water partition coefficient (Wildman–Crippen LogP) is 2.94. The Bertz CT molecular complexity index is 406. The summed E-state index contributed by atoms with van der Waals surface area (Å²) in [6.45, 7) is 6.45. The van der Waals surface area contributed by atoms with Gasteiger partial charge in [0, 0.05) is 13.1 Å². The number of rotatable bonds is 6. The molecule has 19 heavy (non-hydrogen) atoms. The number of ether oxygens (including phenoxy) is 1. The highest BCUT2D eigenvalue weighted by Gasteiger charge is 2.17. The van der Waals surface area contributed by atoms with Gasteiger partial charge in [0.15, 0.2) is 0 Å². The van der Waals surface area contributed by atoms with Crippen molar-refractivity contribution >= 4 is 17.5 Å². The van der Waals surface area contributed by atoms with Gasteiger partial charge in [-0.3, -0.25) is 0 Å². The summed E-state index contributed by atoms with van der Waals surface area (Å²) in [6.07, 6.45) is 5.08. The van der Waals surface area contributed by atoms with Gasteiger partial charge in [-0.1, -0.05) is 12.8 Å². The van der Waals surface area contributed by atoms with Gasteiger partial charge in [-0.25, -0.2) is 0 Å². The number of halogens is 1. The molecule has 0 unspecified atom stereocenters. The van der Waals surface area contributed by atoms with Gasteiger partial charge >= 0.3 is 6.01 Å². The van der Waals surface area contributed by atoms with Gasteiger partial charge < -0.3 is 9.64 Å². The van der Waals surface area contributed by atoms with E-state index < -0.39 is 0 Å². The standard InChI is InChI=1S/C13H21ClN4O/c1-3-18(4-2)12-15-11(14)16-13(17-12)19-9-10-7-5-6-8-10/h10H,3-9H2,1-2H3. The first-order valence-corrected chi connectivity index (χ1v) is 7.40. The molecule has 6 heteroatoms. The Kier molecular flexibility index (Phi) is 5.19. The minimum absolute atomic E-state index is 0.193. The van der Waals surface area contributed by atoms with Crippen LogP contribution in [0.1, 0.15) is 39.5 Å². The molecule has 0 spiro atoms. The fourth-order valence-electron chi connectivity index (χ4n) is 2.40. The fourth-order valence-corrected chi connectivity index (χ4v) is 2.55. The van der Waals surface area contributed by atoms with Crippen LogP contribution in [0, 0.1) is 5.92 Å². The Balaban J connectivity index is 2.03. The Morgan fingerprint density at radius 2 is 1.84 bits per heavy atom. The van der Waals surface area contributed by atoms with Gasteiger partial charge in [0.05, 0.1) is 6.61 Å². The summed E-state index contributed by atoms with van der Waals surface area (Å²) in [5, 5.41) is 0.193. The highest BCUT2D eigenvalue weighted by molar-refractivity contribution is 6.28. The molecule has 0 atom stereocenters. The second-order valence-electron chi connectivity index (χ2n) is 4.82. The van der Waals surface area contributed by atoms with Gasteiger partial charge in [0.1, 0.15) is 0 Å². The Hall–Kier alpha value is -1.10. The first kappa shape index (κ1) is 14.3. The molecule has 1 fully saturated rings. The van der Waals surface area contributed by atoms with E-state index in [1.807, 2.05) is 4.90 Å². The van der Waals surface area contributed by atoms with Gasteiger partial charge in [0.2, 0.25) is 11.2 Å². The van der Waals surface area contributed by atoms with Crippen LogP contribution in [0.5, 0.6) is 6.01 Å². The molecule has 106 valence electrons. The van der Waals surface area contributed by atoms with Crippen LogP contribution < -0.4 is 9.64 Å². The van der Waals surface area contributed by atoms with Gasteiger partial charge in [-0.15, -0.1) is 0 Å². The fraction of sp³-hybridized carbons (Fsp3) is 0.769. The first-order valence-electron chi connectivity index (χ1n) is 7.02. The highest BCUT2D eigenvalue weighted by Crippen LogP contribution is 2.25. The van der Waals surface area contributed by atoms with E-state index in [1.165, 1.54) is 25.7 Å². The number of hydrogen-bond donors (Lipinski definition) is 0.